The number of hydrogen-bond acceptors (Lipinski definition) is 6. The lowest BCUT2D eigenvalue weighted by Gasteiger charge is -2.02. The molecule has 0 bridgehead atoms. The molecule has 1 heterocycles. The minimum absolute atomic E-state index is 0.133. The third kappa shape index (κ3) is 5.38. The van der Waals surface area contributed by atoms with E-state index in [9.17, 15) is 8.42 Å². The van der Waals surface area contributed by atoms with Crippen molar-refractivity contribution in [1.29, 1.82) is 0 Å². The smallest absolute Gasteiger partial charge is 0.189 e. The van der Waals surface area contributed by atoms with Crippen molar-refractivity contribution in [2.45, 2.75) is 10.2 Å². The van der Waals surface area contributed by atoms with E-state index in [4.69, 9.17) is 11.6 Å². The zero-order valence-corrected chi connectivity index (χ0v) is 12.0. The lowest BCUT2D eigenvalue weighted by molar-refractivity contribution is 0.603. The highest BCUT2D eigenvalue weighted by Gasteiger charge is 2.06. The molecule has 0 unspecified atom stereocenters. The summed E-state index contributed by atoms with van der Waals surface area (Å²) in [4.78, 5) is 8.20. The molecular weight excluding hydrogens is 288 g/mol. The molecule has 0 saturated heterocycles. The minimum atomic E-state index is -2.92. The van der Waals surface area contributed by atoms with Gasteiger partial charge in [0.25, 0.3) is 0 Å². The summed E-state index contributed by atoms with van der Waals surface area (Å²) in [5.74, 6) is 0.605. The van der Waals surface area contributed by atoms with Crippen LogP contribution >= 0.6 is 35.1 Å². The van der Waals surface area contributed by atoms with E-state index in [1.165, 1.54) is 29.8 Å². The van der Waals surface area contributed by atoms with Crippen molar-refractivity contribution in [3.05, 3.63) is 11.2 Å². The summed E-state index contributed by atoms with van der Waals surface area (Å²) in [5.41, 5.74) is 0. The molecule has 0 amide bonds. The SMILES string of the molecule is CSc1nc(Cl)cc(SCCS(C)(=O)=O)n1. The van der Waals surface area contributed by atoms with Gasteiger partial charge in [0, 0.05) is 18.1 Å². The largest absolute Gasteiger partial charge is 0.229 e. The van der Waals surface area contributed by atoms with Gasteiger partial charge in [-0.25, -0.2) is 18.4 Å². The molecule has 0 aliphatic carbocycles. The topological polar surface area (TPSA) is 59.9 Å². The lowest BCUT2D eigenvalue weighted by atomic mass is 10.7. The van der Waals surface area contributed by atoms with Crippen LogP contribution in [0.15, 0.2) is 16.2 Å². The summed E-state index contributed by atoms with van der Waals surface area (Å²) in [7, 11) is -2.92. The van der Waals surface area contributed by atoms with Crippen molar-refractivity contribution < 1.29 is 8.42 Å². The first-order chi connectivity index (χ1) is 7.40. The Labute approximate surface area is 109 Å². The Morgan fingerprint density at radius 1 is 1.44 bits per heavy atom. The highest BCUT2D eigenvalue weighted by molar-refractivity contribution is 8.00. The number of halogens is 1. The van der Waals surface area contributed by atoms with Crippen molar-refractivity contribution in [2.24, 2.45) is 0 Å². The highest BCUT2D eigenvalue weighted by Crippen LogP contribution is 2.21. The Morgan fingerprint density at radius 2 is 2.12 bits per heavy atom. The van der Waals surface area contributed by atoms with Gasteiger partial charge >= 0.3 is 0 Å². The molecule has 0 saturated carbocycles. The standard InChI is InChI=1S/C8H11ClN2O2S3/c1-14-8-10-6(9)5-7(11-8)15-3-4-16(2,12)13/h5H,3-4H2,1-2H3. The fraction of sp³-hybridized carbons (Fsp3) is 0.500. The molecular formula is C8H11ClN2O2S3. The Morgan fingerprint density at radius 3 is 2.69 bits per heavy atom. The van der Waals surface area contributed by atoms with Crippen LogP contribution in [-0.4, -0.2) is 42.4 Å². The first-order valence-electron chi connectivity index (χ1n) is 4.30. The molecule has 0 aromatic carbocycles. The number of aromatic nitrogens is 2. The molecule has 1 rings (SSSR count). The fourth-order valence-electron chi connectivity index (χ4n) is 0.840. The molecule has 90 valence electrons. The van der Waals surface area contributed by atoms with Crippen molar-refractivity contribution in [1.82, 2.24) is 9.97 Å². The van der Waals surface area contributed by atoms with Gasteiger partial charge < -0.3 is 0 Å². The van der Waals surface area contributed by atoms with Gasteiger partial charge in [0.2, 0.25) is 0 Å². The van der Waals surface area contributed by atoms with E-state index in [2.05, 4.69) is 9.97 Å². The van der Waals surface area contributed by atoms with E-state index in [1.54, 1.807) is 6.07 Å². The third-order valence-electron chi connectivity index (χ3n) is 1.54. The van der Waals surface area contributed by atoms with Gasteiger partial charge in [0.15, 0.2) is 5.16 Å². The summed E-state index contributed by atoms with van der Waals surface area (Å²) in [6.45, 7) is 0. The van der Waals surface area contributed by atoms with Crippen LogP contribution in [0.2, 0.25) is 5.15 Å². The summed E-state index contributed by atoms with van der Waals surface area (Å²) in [6, 6.07) is 1.63. The summed E-state index contributed by atoms with van der Waals surface area (Å²) in [6.07, 6.45) is 3.07. The van der Waals surface area contributed by atoms with E-state index in [0.29, 0.717) is 21.1 Å². The van der Waals surface area contributed by atoms with Crippen molar-refractivity contribution in [3.8, 4) is 0 Å². The zero-order chi connectivity index (χ0) is 12.2. The molecule has 8 heteroatoms. The molecule has 4 nitrogen and oxygen atoms in total. The third-order valence-corrected chi connectivity index (χ3v) is 4.40. The minimum Gasteiger partial charge on any atom is -0.229 e. The summed E-state index contributed by atoms with van der Waals surface area (Å²) < 4.78 is 21.9. The maximum Gasteiger partial charge on any atom is 0.189 e. The van der Waals surface area contributed by atoms with Gasteiger partial charge in [-0.1, -0.05) is 23.4 Å². The first kappa shape index (κ1) is 14.1. The summed E-state index contributed by atoms with van der Waals surface area (Å²) in [5, 5.41) is 1.67. The van der Waals surface area contributed by atoms with Crippen LogP contribution in [-0.2, 0) is 9.84 Å². The van der Waals surface area contributed by atoms with Crippen molar-refractivity contribution >= 4 is 45.0 Å². The summed E-state index contributed by atoms with van der Waals surface area (Å²) >= 11 is 8.56. The van der Waals surface area contributed by atoms with Gasteiger partial charge in [-0.05, 0) is 6.26 Å². The van der Waals surface area contributed by atoms with Crippen LogP contribution in [0.1, 0.15) is 0 Å². The Hall–Kier alpha value is 0.0200. The Bertz CT molecular complexity index is 464. The van der Waals surface area contributed by atoms with Crippen LogP contribution in [0.5, 0.6) is 0 Å². The number of rotatable bonds is 5. The van der Waals surface area contributed by atoms with Gasteiger partial charge in [-0.2, -0.15) is 0 Å². The number of hydrogen-bond donors (Lipinski definition) is 0. The van der Waals surface area contributed by atoms with Gasteiger partial charge in [-0.15, -0.1) is 11.8 Å². The monoisotopic (exact) mass is 298 g/mol. The van der Waals surface area contributed by atoms with Gasteiger partial charge in [0.05, 0.1) is 5.75 Å². The average Bonchev–Trinajstić information content (AvgIpc) is 2.14. The van der Waals surface area contributed by atoms with Crippen LogP contribution in [0.4, 0.5) is 0 Å². The molecule has 0 aliphatic heterocycles. The Balaban J connectivity index is 2.63. The molecule has 0 spiro atoms. The van der Waals surface area contributed by atoms with Crippen LogP contribution in [0.3, 0.4) is 0 Å². The quantitative estimate of drug-likeness (QED) is 0.471. The molecule has 1 aromatic heterocycles. The molecule has 0 N–H and O–H groups in total. The van der Waals surface area contributed by atoms with Crippen LogP contribution in [0.25, 0.3) is 0 Å². The predicted octanol–water partition coefficient (Wildman–Crippen LogP) is 1.99. The van der Waals surface area contributed by atoms with Crippen LogP contribution in [0, 0.1) is 0 Å². The van der Waals surface area contributed by atoms with Gasteiger partial charge in [0.1, 0.15) is 20.0 Å². The van der Waals surface area contributed by atoms with E-state index in [1.807, 2.05) is 6.26 Å². The van der Waals surface area contributed by atoms with Crippen molar-refractivity contribution in [2.75, 3.05) is 24.0 Å². The number of thioether (sulfide) groups is 2. The highest BCUT2D eigenvalue weighted by atomic mass is 35.5. The Kier molecular flexibility index (Phi) is 5.36. The van der Waals surface area contributed by atoms with Gasteiger partial charge in [-0.3, -0.25) is 0 Å². The molecule has 0 radical (unpaired) electrons. The van der Waals surface area contributed by atoms with E-state index in [-0.39, 0.29) is 5.75 Å². The second-order valence-electron chi connectivity index (χ2n) is 2.99. The molecule has 0 fully saturated rings. The lowest BCUT2D eigenvalue weighted by Crippen LogP contribution is -2.05. The maximum absolute atomic E-state index is 10.9. The number of nitrogens with zero attached hydrogens (tertiary/aromatic N) is 2. The molecule has 1 aromatic rings. The second kappa shape index (κ2) is 6.09. The second-order valence-corrected chi connectivity index (χ2v) is 7.53. The van der Waals surface area contributed by atoms with Crippen molar-refractivity contribution in [3.63, 3.8) is 0 Å². The number of sulfone groups is 1. The van der Waals surface area contributed by atoms with Crippen LogP contribution < -0.4 is 0 Å². The predicted molar refractivity (Wildman–Crippen MR) is 69.3 cm³/mol. The molecule has 16 heavy (non-hydrogen) atoms. The molecule has 0 atom stereocenters. The zero-order valence-electron chi connectivity index (χ0n) is 8.81. The van der Waals surface area contributed by atoms with E-state index >= 15 is 0 Å². The fourth-order valence-corrected chi connectivity index (χ4v) is 3.67. The van der Waals surface area contributed by atoms with E-state index in [0.717, 1.165) is 0 Å². The van der Waals surface area contributed by atoms with E-state index < -0.39 is 9.84 Å². The normalized spacial score (nSPS) is 11.7. The average molecular weight is 299 g/mol. The molecule has 0 aliphatic rings. The first-order valence-corrected chi connectivity index (χ1v) is 8.95. The maximum atomic E-state index is 10.9.